The van der Waals surface area contributed by atoms with Crippen molar-refractivity contribution in [1.29, 1.82) is 5.26 Å². The highest BCUT2D eigenvalue weighted by molar-refractivity contribution is 5.86. The molecule has 1 amide bonds. The number of hydrogen-bond donors (Lipinski definition) is 1. The Labute approximate surface area is 154 Å². The third kappa shape index (κ3) is 3.05. The number of nitriles is 1. The Morgan fingerprint density at radius 1 is 1.23 bits per heavy atom. The number of carbonyl (C=O) groups is 1. The molecular formula is C20H26N4O2. The van der Waals surface area contributed by atoms with Gasteiger partial charge in [-0.25, -0.2) is 4.98 Å². The standard InChI is InChI=1S/C20H26N4O2/c21-13-15-6-9-22-18(12-15)23-10-1-7-20(14-23)8-11-24(19(20)26)16-2-4-17(25)5-3-16/h6,9,12,16-17,25H,1-5,7-8,10-11,14H2/t16-,17-,20?. The number of anilines is 1. The first-order chi connectivity index (χ1) is 12.6. The van der Waals surface area contributed by atoms with E-state index in [4.69, 9.17) is 5.26 Å². The van der Waals surface area contributed by atoms with Crippen LogP contribution in [0.25, 0.3) is 0 Å². The first kappa shape index (κ1) is 17.3. The molecule has 1 saturated carbocycles. The molecule has 1 aromatic rings. The van der Waals surface area contributed by atoms with E-state index in [1.165, 1.54) is 0 Å². The van der Waals surface area contributed by atoms with Crippen LogP contribution in [0.1, 0.15) is 50.5 Å². The number of carbonyl (C=O) groups excluding carboxylic acids is 1. The lowest BCUT2D eigenvalue weighted by atomic mass is 9.78. The van der Waals surface area contributed by atoms with Gasteiger partial charge >= 0.3 is 0 Å². The van der Waals surface area contributed by atoms with E-state index in [1.54, 1.807) is 12.3 Å². The van der Waals surface area contributed by atoms with E-state index in [0.717, 1.165) is 63.9 Å². The van der Waals surface area contributed by atoms with Gasteiger partial charge in [0.1, 0.15) is 5.82 Å². The second-order valence-electron chi connectivity index (χ2n) is 8.03. The van der Waals surface area contributed by atoms with Crippen LogP contribution in [0, 0.1) is 16.7 Å². The van der Waals surface area contributed by atoms with Gasteiger partial charge in [-0.1, -0.05) is 0 Å². The fraction of sp³-hybridized carbons (Fsp3) is 0.650. The number of likely N-dealkylation sites (tertiary alicyclic amines) is 1. The molecule has 2 saturated heterocycles. The minimum atomic E-state index is -0.307. The lowest BCUT2D eigenvalue weighted by Gasteiger charge is -2.41. The van der Waals surface area contributed by atoms with E-state index < -0.39 is 0 Å². The lowest BCUT2D eigenvalue weighted by Crippen LogP contribution is -2.50. The summed E-state index contributed by atoms with van der Waals surface area (Å²) in [6, 6.07) is 5.99. The molecule has 1 spiro atoms. The van der Waals surface area contributed by atoms with Crippen LogP contribution in [0.15, 0.2) is 18.3 Å². The highest BCUT2D eigenvalue weighted by Gasteiger charge is 2.50. The summed E-state index contributed by atoms with van der Waals surface area (Å²) < 4.78 is 0. The van der Waals surface area contributed by atoms with Gasteiger partial charge in [0.2, 0.25) is 5.91 Å². The maximum absolute atomic E-state index is 13.3. The van der Waals surface area contributed by atoms with E-state index in [9.17, 15) is 9.90 Å². The summed E-state index contributed by atoms with van der Waals surface area (Å²) in [5.74, 6) is 1.09. The van der Waals surface area contributed by atoms with E-state index in [0.29, 0.717) is 24.1 Å². The van der Waals surface area contributed by atoms with Gasteiger partial charge in [-0.05, 0) is 57.1 Å². The van der Waals surface area contributed by atoms with Gasteiger partial charge in [-0.3, -0.25) is 4.79 Å². The predicted octanol–water partition coefficient (Wildman–Crippen LogP) is 2.08. The van der Waals surface area contributed by atoms with Crippen LogP contribution >= 0.6 is 0 Å². The zero-order valence-corrected chi connectivity index (χ0v) is 15.1. The summed E-state index contributed by atoms with van der Waals surface area (Å²) >= 11 is 0. The van der Waals surface area contributed by atoms with Crippen molar-refractivity contribution in [3.63, 3.8) is 0 Å². The molecule has 1 atom stereocenters. The second kappa shape index (κ2) is 6.88. The Morgan fingerprint density at radius 2 is 2.04 bits per heavy atom. The molecule has 6 heteroatoms. The molecule has 26 heavy (non-hydrogen) atoms. The topological polar surface area (TPSA) is 80.5 Å². The van der Waals surface area contributed by atoms with Crippen LogP contribution in [0.4, 0.5) is 5.82 Å². The Kier molecular flexibility index (Phi) is 4.58. The fourth-order valence-electron chi connectivity index (χ4n) is 4.93. The van der Waals surface area contributed by atoms with Crippen molar-refractivity contribution in [2.75, 3.05) is 24.5 Å². The van der Waals surface area contributed by atoms with Gasteiger partial charge in [-0.15, -0.1) is 0 Å². The lowest BCUT2D eigenvalue weighted by molar-refractivity contribution is -0.139. The Hall–Kier alpha value is -2.13. The molecule has 1 aliphatic carbocycles. The molecule has 0 bridgehead atoms. The molecule has 6 nitrogen and oxygen atoms in total. The van der Waals surface area contributed by atoms with Crippen LogP contribution in [0.3, 0.4) is 0 Å². The van der Waals surface area contributed by atoms with E-state index in [1.807, 2.05) is 6.07 Å². The SMILES string of the molecule is N#Cc1ccnc(N2CCCC3(CCN([C@H]4CC[C@H](O)CC4)C3=O)C2)c1. The number of aromatic nitrogens is 1. The number of hydrogen-bond acceptors (Lipinski definition) is 5. The van der Waals surface area contributed by atoms with Crippen LogP contribution in [-0.2, 0) is 4.79 Å². The Bertz CT molecular complexity index is 723. The van der Waals surface area contributed by atoms with Gasteiger partial charge < -0.3 is 14.9 Å². The molecule has 3 aliphatic rings. The molecule has 3 fully saturated rings. The van der Waals surface area contributed by atoms with E-state index >= 15 is 0 Å². The maximum Gasteiger partial charge on any atom is 0.230 e. The minimum absolute atomic E-state index is 0.193. The molecular weight excluding hydrogens is 328 g/mol. The highest BCUT2D eigenvalue weighted by atomic mass is 16.3. The molecule has 1 N–H and O–H groups in total. The van der Waals surface area contributed by atoms with Gasteiger partial charge in [-0.2, -0.15) is 5.26 Å². The van der Waals surface area contributed by atoms with Crippen molar-refractivity contribution in [3.05, 3.63) is 23.9 Å². The molecule has 1 aromatic heterocycles. The summed E-state index contributed by atoms with van der Waals surface area (Å²) in [5.41, 5.74) is 0.299. The first-order valence-corrected chi connectivity index (χ1v) is 9.71. The van der Waals surface area contributed by atoms with Crippen molar-refractivity contribution in [1.82, 2.24) is 9.88 Å². The van der Waals surface area contributed by atoms with Gasteiger partial charge in [0.15, 0.2) is 0 Å². The van der Waals surface area contributed by atoms with Crippen LogP contribution in [0.5, 0.6) is 0 Å². The predicted molar refractivity (Wildman–Crippen MR) is 97.4 cm³/mol. The molecule has 1 unspecified atom stereocenters. The molecule has 0 aromatic carbocycles. The molecule has 0 radical (unpaired) electrons. The number of rotatable bonds is 2. The number of piperidine rings is 1. The van der Waals surface area contributed by atoms with Crippen molar-refractivity contribution in [3.8, 4) is 6.07 Å². The van der Waals surface area contributed by atoms with Crippen LogP contribution in [-0.4, -0.2) is 52.7 Å². The number of aliphatic hydroxyl groups excluding tert-OH is 1. The summed E-state index contributed by atoms with van der Waals surface area (Å²) in [7, 11) is 0. The summed E-state index contributed by atoms with van der Waals surface area (Å²) in [6.45, 7) is 2.41. The quantitative estimate of drug-likeness (QED) is 0.879. The monoisotopic (exact) mass is 354 g/mol. The molecule has 138 valence electrons. The number of nitrogens with zero attached hydrogens (tertiary/aromatic N) is 4. The van der Waals surface area contributed by atoms with Gasteiger partial charge in [0, 0.05) is 31.9 Å². The zero-order chi connectivity index (χ0) is 18.1. The van der Waals surface area contributed by atoms with E-state index in [2.05, 4.69) is 20.9 Å². The fourth-order valence-corrected chi connectivity index (χ4v) is 4.93. The zero-order valence-electron chi connectivity index (χ0n) is 15.1. The molecule has 2 aliphatic heterocycles. The average Bonchev–Trinajstić information content (AvgIpc) is 2.98. The van der Waals surface area contributed by atoms with Crippen LogP contribution in [0.2, 0.25) is 0 Å². The smallest absolute Gasteiger partial charge is 0.230 e. The van der Waals surface area contributed by atoms with Crippen molar-refractivity contribution in [2.24, 2.45) is 5.41 Å². The minimum Gasteiger partial charge on any atom is -0.393 e. The molecule has 4 rings (SSSR count). The number of amides is 1. The Morgan fingerprint density at radius 3 is 2.81 bits per heavy atom. The van der Waals surface area contributed by atoms with Crippen molar-refractivity contribution in [2.45, 2.75) is 57.1 Å². The maximum atomic E-state index is 13.3. The van der Waals surface area contributed by atoms with E-state index in [-0.39, 0.29) is 11.5 Å². The number of aliphatic hydroxyl groups is 1. The first-order valence-electron chi connectivity index (χ1n) is 9.71. The Balaban J connectivity index is 1.50. The summed E-state index contributed by atoms with van der Waals surface area (Å²) in [6.07, 6.45) is 7.73. The van der Waals surface area contributed by atoms with Crippen LogP contribution < -0.4 is 4.90 Å². The largest absolute Gasteiger partial charge is 0.393 e. The number of pyridine rings is 1. The van der Waals surface area contributed by atoms with Gasteiger partial charge in [0.25, 0.3) is 0 Å². The summed E-state index contributed by atoms with van der Waals surface area (Å²) in [5, 5.41) is 18.9. The second-order valence-corrected chi connectivity index (χ2v) is 8.03. The highest BCUT2D eigenvalue weighted by Crippen LogP contribution is 2.43. The molecule has 3 heterocycles. The van der Waals surface area contributed by atoms with Crippen molar-refractivity contribution < 1.29 is 9.90 Å². The summed E-state index contributed by atoms with van der Waals surface area (Å²) in [4.78, 5) is 22.0. The average molecular weight is 354 g/mol. The normalized spacial score (nSPS) is 32.1. The third-order valence-corrected chi connectivity index (χ3v) is 6.43. The van der Waals surface area contributed by atoms with Gasteiger partial charge in [0.05, 0.1) is 23.2 Å². The van der Waals surface area contributed by atoms with Crippen molar-refractivity contribution >= 4 is 11.7 Å². The third-order valence-electron chi connectivity index (χ3n) is 6.43.